The molecule has 0 radical (unpaired) electrons. The molecule has 1 fully saturated rings. The van der Waals surface area contributed by atoms with Crippen molar-refractivity contribution in [3.8, 4) is 16.9 Å². The zero-order valence-corrected chi connectivity index (χ0v) is 12.9. The molecule has 116 valence electrons. The number of sulfone groups is 1. The Labute approximate surface area is 128 Å². The topological polar surface area (TPSA) is 55.4 Å². The standard InChI is InChI=1S/C16H16FNO3S/c1-22(19,20)14-6-7-15(16(17)8-14)11-2-4-12(5-3-11)21-13-9-18-10-13/h2-8,13,18H,9-10H2,1H3. The lowest BCUT2D eigenvalue weighted by Gasteiger charge is -2.27. The van der Waals surface area contributed by atoms with Gasteiger partial charge in [-0.2, -0.15) is 0 Å². The van der Waals surface area contributed by atoms with Gasteiger partial charge in [0.1, 0.15) is 17.7 Å². The molecule has 2 aromatic rings. The van der Waals surface area contributed by atoms with Gasteiger partial charge in [-0.25, -0.2) is 12.8 Å². The predicted octanol–water partition coefficient (Wildman–Crippen LogP) is 2.25. The Kier molecular flexibility index (Phi) is 3.88. The second-order valence-corrected chi connectivity index (χ2v) is 7.35. The van der Waals surface area contributed by atoms with E-state index in [-0.39, 0.29) is 11.0 Å². The maximum absolute atomic E-state index is 14.1. The summed E-state index contributed by atoms with van der Waals surface area (Å²) in [6.07, 6.45) is 1.25. The van der Waals surface area contributed by atoms with Crippen molar-refractivity contribution < 1.29 is 17.5 Å². The minimum absolute atomic E-state index is 0.0220. The first-order valence-electron chi connectivity index (χ1n) is 6.91. The summed E-state index contributed by atoms with van der Waals surface area (Å²) in [7, 11) is -3.41. The Bertz CT molecular complexity index is 784. The SMILES string of the molecule is CS(=O)(=O)c1ccc(-c2ccc(OC3CNC3)cc2)c(F)c1. The van der Waals surface area contributed by atoms with Gasteiger partial charge in [0, 0.05) is 24.9 Å². The molecule has 6 heteroatoms. The fourth-order valence-electron chi connectivity index (χ4n) is 2.21. The Morgan fingerprint density at radius 3 is 2.32 bits per heavy atom. The second kappa shape index (κ2) is 5.70. The molecule has 0 aliphatic carbocycles. The number of hydrogen-bond donors (Lipinski definition) is 1. The van der Waals surface area contributed by atoms with E-state index in [0.29, 0.717) is 11.1 Å². The van der Waals surface area contributed by atoms with Crippen molar-refractivity contribution in [2.45, 2.75) is 11.0 Å². The molecule has 0 unspecified atom stereocenters. The summed E-state index contributed by atoms with van der Waals surface area (Å²) < 4.78 is 42.7. The first-order chi connectivity index (χ1) is 10.4. The van der Waals surface area contributed by atoms with Crippen molar-refractivity contribution in [2.75, 3.05) is 19.3 Å². The van der Waals surface area contributed by atoms with Crippen molar-refractivity contribution >= 4 is 9.84 Å². The van der Waals surface area contributed by atoms with Gasteiger partial charge < -0.3 is 10.1 Å². The summed E-state index contributed by atoms with van der Waals surface area (Å²) in [5, 5.41) is 3.12. The van der Waals surface area contributed by atoms with Crippen LogP contribution in [0.25, 0.3) is 11.1 Å². The highest BCUT2D eigenvalue weighted by Gasteiger charge is 2.18. The molecular weight excluding hydrogens is 305 g/mol. The molecule has 0 spiro atoms. The van der Waals surface area contributed by atoms with Gasteiger partial charge in [-0.3, -0.25) is 0 Å². The first-order valence-corrected chi connectivity index (χ1v) is 8.80. The predicted molar refractivity (Wildman–Crippen MR) is 82.2 cm³/mol. The zero-order valence-electron chi connectivity index (χ0n) is 12.0. The first kappa shape index (κ1) is 15.0. The van der Waals surface area contributed by atoms with Crippen LogP contribution in [0.5, 0.6) is 5.75 Å². The molecular formula is C16H16FNO3S. The Morgan fingerprint density at radius 1 is 1.14 bits per heavy atom. The van der Waals surface area contributed by atoms with Crippen LogP contribution in [0.1, 0.15) is 0 Å². The maximum atomic E-state index is 14.1. The lowest BCUT2D eigenvalue weighted by molar-refractivity contribution is 0.142. The van der Waals surface area contributed by atoms with Crippen LogP contribution in [0.2, 0.25) is 0 Å². The molecule has 3 rings (SSSR count). The third kappa shape index (κ3) is 3.13. The molecule has 1 aliphatic rings. The van der Waals surface area contributed by atoms with Crippen LogP contribution in [0.3, 0.4) is 0 Å². The second-order valence-electron chi connectivity index (χ2n) is 5.34. The number of ether oxygens (including phenoxy) is 1. The van der Waals surface area contributed by atoms with Crippen LogP contribution in [-0.2, 0) is 9.84 Å². The van der Waals surface area contributed by atoms with Gasteiger partial charge in [0.05, 0.1) is 4.90 Å². The normalized spacial score (nSPS) is 15.4. The van der Waals surface area contributed by atoms with E-state index in [1.807, 2.05) is 0 Å². The van der Waals surface area contributed by atoms with E-state index < -0.39 is 15.7 Å². The van der Waals surface area contributed by atoms with E-state index in [4.69, 9.17) is 4.74 Å². The zero-order chi connectivity index (χ0) is 15.7. The van der Waals surface area contributed by atoms with E-state index in [0.717, 1.165) is 31.2 Å². The van der Waals surface area contributed by atoms with Gasteiger partial charge in [-0.05, 0) is 29.8 Å². The largest absolute Gasteiger partial charge is 0.488 e. The van der Waals surface area contributed by atoms with Crippen molar-refractivity contribution in [2.24, 2.45) is 0 Å². The van der Waals surface area contributed by atoms with Gasteiger partial charge in [0.25, 0.3) is 0 Å². The monoisotopic (exact) mass is 321 g/mol. The molecule has 2 aromatic carbocycles. The van der Waals surface area contributed by atoms with Crippen LogP contribution in [0.15, 0.2) is 47.4 Å². The molecule has 22 heavy (non-hydrogen) atoms. The quantitative estimate of drug-likeness (QED) is 0.938. The average Bonchev–Trinajstić information content (AvgIpc) is 2.43. The van der Waals surface area contributed by atoms with Gasteiger partial charge in [-0.15, -0.1) is 0 Å². The molecule has 0 atom stereocenters. The molecule has 1 N–H and O–H groups in total. The van der Waals surface area contributed by atoms with Gasteiger partial charge in [0.2, 0.25) is 0 Å². The van der Waals surface area contributed by atoms with Crippen molar-refractivity contribution in [3.05, 3.63) is 48.3 Å². The summed E-state index contributed by atoms with van der Waals surface area (Å²) in [6.45, 7) is 1.67. The number of hydrogen-bond acceptors (Lipinski definition) is 4. The molecule has 0 amide bonds. The summed E-state index contributed by atoms with van der Waals surface area (Å²) in [6, 6.07) is 11.1. The Morgan fingerprint density at radius 2 is 1.82 bits per heavy atom. The highest BCUT2D eigenvalue weighted by molar-refractivity contribution is 7.90. The summed E-state index contributed by atoms with van der Waals surface area (Å²) in [4.78, 5) is -0.0220. The highest BCUT2D eigenvalue weighted by Crippen LogP contribution is 2.27. The number of benzene rings is 2. The molecule has 1 saturated heterocycles. The van der Waals surface area contributed by atoms with E-state index >= 15 is 0 Å². The van der Waals surface area contributed by atoms with E-state index in [1.54, 1.807) is 24.3 Å². The minimum Gasteiger partial charge on any atom is -0.488 e. The molecule has 0 aromatic heterocycles. The molecule has 0 bridgehead atoms. The fraction of sp³-hybridized carbons (Fsp3) is 0.250. The van der Waals surface area contributed by atoms with Gasteiger partial charge in [-0.1, -0.05) is 18.2 Å². The third-order valence-electron chi connectivity index (χ3n) is 3.58. The lowest BCUT2D eigenvalue weighted by Crippen LogP contribution is -2.50. The number of rotatable bonds is 4. The highest BCUT2D eigenvalue weighted by atomic mass is 32.2. The summed E-state index contributed by atoms with van der Waals surface area (Å²) in [5.41, 5.74) is 1.04. The lowest BCUT2D eigenvalue weighted by atomic mass is 10.1. The van der Waals surface area contributed by atoms with E-state index in [9.17, 15) is 12.8 Å². The van der Waals surface area contributed by atoms with Crippen molar-refractivity contribution in [1.29, 1.82) is 0 Å². The number of nitrogens with one attached hydrogen (secondary N) is 1. The van der Waals surface area contributed by atoms with Crippen molar-refractivity contribution in [1.82, 2.24) is 5.32 Å². The van der Waals surface area contributed by atoms with Crippen LogP contribution in [0.4, 0.5) is 4.39 Å². The molecule has 4 nitrogen and oxygen atoms in total. The molecule has 1 aliphatic heterocycles. The minimum atomic E-state index is -3.41. The Balaban J connectivity index is 1.84. The Hall–Kier alpha value is -1.92. The van der Waals surface area contributed by atoms with Gasteiger partial charge >= 0.3 is 0 Å². The van der Waals surface area contributed by atoms with E-state index in [2.05, 4.69) is 5.32 Å². The fourth-order valence-corrected chi connectivity index (χ4v) is 2.84. The maximum Gasteiger partial charge on any atom is 0.175 e. The third-order valence-corrected chi connectivity index (χ3v) is 4.69. The molecule has 0 saturated carbocycles. The summed E-state index contributed by atoms with van der Waals surface area (Å²) in [5.74, 6) is 0.184. The average molecular weight is 321 g/mol. The molecule has 1 heterocycles. The van der Waals surface area contributed by atoms with Crippen molar-refractivity contribution in [3.63, 3.8) is 0 Å². The van der Waals surface area contributed by atoms with Crippen LogP contribution in [-0.4, -0.2) is 33.9 Å². The van der Waals surface area contributed by atoms with Crippen LogP contribution in [0, 0.1) is 5.82 Å². The van der Waals surface area contributed by atoms with Gasteiger partial charge in [0.15, 0.2) is 9.84 Å². The van der Waals surface area contributed by atoms with E-state index in [1.165, 1.54) is 12.1 Å². The number of halogens is 1. The summed E-state index contributed by atoms with van der Waals surface area (Å²) >= 11 is 0. The smallest absolute Gasteiger partial charge is 0.175 e. The van der Waals surface area contributed by atoms with Crippen LogP contribution >= 0.6 is 0 Å². The van der Waals surface area contributed by atoms with Crippen LogP contribution < -0.4 is 10.1 Å².